The molecule has 0 unspecified atom stereocenters. The van der Waals surface area contributed by atoms with Crippen LogP contribution in [-0.4, -0.2) is 46.6 Å². The topological polar surface area (TPSA) is 119 Å². The Bertz CT molecular complexity index is 1190. The number of fused-ring (bicyclic) bond motifs is 1. The van der Waals surface area contributed by atoms with Gasteiger partial charge in [-0.05, 0) is 24.0 Å². The summed E-state index contributed by atoms with van der Waals surface area (Å²) >= 11 is 1.67. The molecule has 0 aliphatic carbocycles. The van der Waals surface area contributed by atoms with Gasteiger partial charge in [-0.2, -0.15) is 10.1 Å². The number of aromatic nitrogens is 6. The number of hydrogen-bond donors (Lipinski definition) is 2. The first-order valence-corrected chi connectivity index (χ1v) is 9.14. The lowest BCUT2D eigenvalue weighted by Crippen LogP contribution is -2.15. The number of H-pyrrole nitrogens is 1. The summed E-state index contributed by atoms with van der Waals surface area (Å²) in [5.74, 6) is -0.983. The zero-order chi connectivity index (χ0) is 19.0. The minimum atomic E-state index is -1.11. The molecule has 1 aromatic carbocycles. The van der Waals surface area contributed by atoms with Crippen LogP contribution in [0, 0.1) is 0 Å². The standard InChI is InChI=1S/C17H14N6O3S/c1-27-12-4-2-10(3-5-12)7-22-9-18-13-14(22)20-17(21-15(13)24)23-8-11(6-19-23)16(25)26/h2-6,8-9H,7H2,1H3,(H,25,26)(H,20,21,24). The van der Waals surface area contributed by atoms with E-state index in [1.807, 2.05) is 30.5 Å². The molecule has 10 heteroatoms. The summed E-state index contributed by atoms with van der Waals surface area (Å²) in [5.41, 5.74) is 1.24. The van der Waals surface area contributed by atoms with Gasteiger partial charge in [0.15, 0.2) is 11.2 Å². The third-order valence-corrected chi connectivity index (χ3v) is 4.76. The van der Waals surface area contributed by atoms with E-state index in [1.54, 1.807) is 22.7 Å². The molecular weight excluding hydrogens is 368 g/mol. The highest BCUT2D eigenvalue weighted by Gasteiger charge is 2.14. The van der Waals surface area contributed by atoms with E-state index >= 15 is 0 Å². The van der Waals surface area contributed by atoms with Crippen molar-refractivity contribution in [3.63, 3.8) is 0 Å². The Morgan fingerprint density at radius 3 is 2.74 bits per heavy atom. The summed E-state index contributed by atoms with van der Waals surface area (Å²) in [6.45, 7) is 0.501. The molecule has 0 fully saturated rings. The molecule has 136 valence electrons. The van der Waals surface area contributed by atoms with E-state index in [-0.39, 0.29) is 17.0 Å². The summed E-state index contributed by atoms with van der Waals surface area (Å²) in [6.07, 6.45) is 6.05. The minimum absolute atomic E-state index is 0.000127. The van der Waals surface area contributed by atoms with Crippen molar-refractivity contribution in [2.24, 2.45) is 0 Å². The number of carbonyl (C=O) groups is 1. The zero-order valence-electron chi connectivity index (χ0n) is 14.2. The quantitative estimate of drug-likeness (QED) is 0.505. The van der Waals surface area contributed by atoms with Crippen molar-refractivity contribution in [2.75, 3.05) is 6.26 Å². The van der Waals surface area contributed by atoms with Crippen LogP contribution in [-0.2, 0) is 6.54 Å². The average molecular weight is 382 g/mol. The first kappa shape index (κ1) is 17.0. The number of carboxylic acids is 1. The molecule has 27 heavy (non-hydrogen) atoms. The Kier molecular flexibility index (Phi) is 4.24. The first-order valence-electron chi connectivity index (χ1n) is 7.91. The molecule has 3 heterocycles. The maximum absolute atomic E-state index is 12.3. The second kappa shape index (κ2) is 6.72. The smallest absolute Gasteiger partial charge is 0.338 e. The van der Waals surface area contributed by atoms with Crippen molar-refractivity contribution in [3.8, 4) is 5.95 Å². The van der Waals surface area contributed by atoms with Gasteiger partial charge in [-0.1, -0.05) is 12.1 Å². The third kappa shape index (κ3) is 3.22. The van der Waals surface area contributed by atoms with Crippen LogP contribution in [0.5, 0.6) is 0 Å². The Hall–Kier alpha value is -3.40. The summed E-state index contributed by atoms with van der Waals surface area (Å²) in [6, 6.07) is 8.08. The molecule has 4 rings (SSSR count). The number of nitrogens with zero attached hydrogens (tertiary/aromatic N) is 5. The molecule has 0 amide bonds. The van der Waals surface area contributed by atoms with E-state index in [0.29, 0.717) is 12.2 Å². The normalized spacial score (nSPS) is 11.1. The molecule has 0 saturated carbocycles. The van der Waals surface area contributed by atoms with Gasteiger partial charge in [-0.25, -0.2) is 14.5 Å². The van der Waals surface area contributed by atoms with Gasteiger partial charge < -0.3 is 9.67 Å². The van der Waals surface area contributed by atoms with Crippen LogP contribution in [0.15, 0.2) is 52.7 Å². The van der Waals surface area contributed by atoms with Crippen LogP contribution >= 0.6 is 11.8 Å². The van der Waals surface area contributed by atoms with E-state index < -0.39 is 11.5 Å². The highest BCUT2D eigenvalue weighted by Crippen LogP contribution is 2.17. The Morgan fingerprint density at radius 2 is 2.07 bits per heavy atom. The van der Waals surface area contributed by atoms with Gasteiger partial charge in [0.2, 0.25) is 5.95 Å². The van der Waals surface area contributed by atoms with Gasteiger partial charge >= 0.3 is 5.97 Å². The predicted octanol–water partition coefficient (Wildman–Crippen LogP) is 1.77. The molecule has 0 bridgehead atoms. The number of thioether (sulfide) groups is 1. The van der Waals surface area contributed by atoms with Gasteiger partial charge in [-0.3, -0.25) is 9.78 Å². The van der Waals surface area contributed by atoms with E-state index in [4.69, 9.17) is 5.11 Å². The number of aromatic carboxylic acids is 1. The molecular formula is C17H14N6O3S. The predicted molar refractivity (Wildman–Crippen MR) is 99.6 cm³/mol. The average Bonchev–Trinajstić information content (AvgIpc) is 3.30. The molecule has 2 N–H and O–H groups in total. The summed E-state index contributed by atoms with van der Waals surface area (Å²) in [7, 11) is 0. The Morgan fingerprint density at radius 1 is 1.30 bits per heavy atom. The van der Waals surface area contributed by atoms with E-state index in [0.717, 1.165) is 5.56 Å². The highest BCUT2D eigenvalue weighted by molar-refractivity contribution is 7.98. The molecule has 0 atom stereocenters. The van der Waals surface area contributed by atoms with Crippen molar-refractivity contribution in [2.45, 2.75) is 11.4 Å². The lowest BCUT2D eigenvalue weighted by molar-refractivity contribution is 0.0697. The van der Waals surface area contributed by atoms with Crippen LogP contribution in [0.3, 0.4) is 0 Å². The molecule has 0 aliphatic rings. The lowest BCUT2D eigenvalue weighted by atomic mass is 10.2. The van der Waals surface area contributed by atoms with Crippen molar-refractivity contribution in [3.05, 3.63) is 64.5 Å². The number of carboxylic acid groups (broad SMARTS) is 1. The van der Waals surface area contributed by atoms with E-state index in [2.05, 4.69) is 20.1 Å². The van der Waals surface area contributed by atoms with Gasteiger partial charge in [0.1, 0.15) is 0 Å². The number of benzene rings is 1. The van der Waals surface area contributed by atoms with Gasteiger partial charge in [0.05, 0.1) is 24.6 Å². The summed E-state index contributed by atoms with van der Waals surface area (Å²) < 4.78 is 2.98. The molecule has 0 spiro atoms. The second-order valence-electron chi connectivity index (χ2n) is 5.76. The monoisotopic (exact) mass is 382 g/mol. The molecule has 4 aromatic rings. The van der Waals surface area contributed by atoms with Crippen molar-refractivity contribution in [1.82, 2.24) is 29.3 Å². The first-order chi connectivity index (χ1) is 13.0. The van der Waals surface area contributed by atoms with Crippen LogP contribution < -0.4 is 5.56 Å². The van der Waals surface area contributed by atoms with Gasteiger partial charge in [0.25, 0.3) is 5.56 Å². The fourth-order valence-electron chi connectivity index (χ4n) is 2.64. The molecule has 0 aliphatic heterocycles. The van der Waals surface area contributed by atoms with Crippen LogP contribution in [0.4, 0.5) is 0 Å². The SMILES string of the molecule is CSc1ccc(Cn2cnc3c(=O)[nH]c(-n4cc(C(=O)O)cn4)nc32)cc1. The molecule has 0 radical (unpaired) electrons. The minimum Gasteiger partial charge on any atom is -0.478 e. The van der Waals surface area contributed by atoms with Crippen molar-refractivity contribution in [1.29, 1.82) is 0 Å². The number of hydrogen-bond acceptors (Lipinski definition) is 6. The molecule has 0 saturated heterocycles. The number of aromatic amines is 1. The van der Waals surface area contributed by atoms with Gasteiger partial charge in [-0.15, -0.1) is 11.8 Å². The van der Waals surface area contributed by atoms with Gasteiger partial charge in [0, 0.05) is 11.1 Å². The fourth-order valence-corrected chi connectivity index (χ4v) is 3.05. The maximum Gasteiger partial charge on any atom is 0.338 e. The van der Waals surface area contributed by atoms with Crippen LogP contribution in [0.2, 0.25) is 0 Å². The Labute approximate surface area is 156 Å². The Balaban J connectivity index is 1.74. The highest BCUT2D eigenvalue weighted by atomic mass is 32.2. The number of rotatable bonds is 5. The van der Waals surface area contributed by atoms with Crippen molar-refractivity contribution >= 4 is 28.9 Å². The lowest BCUT2D eigenvalue weighted by Gasteiger charge is -2.06. The zero-order valence-corrected chi connectivity index (χ0v) is 15.0. The second-order valence-corrected chi connectivity index (χ2v) is 6.64. The number of nitrogens with one attached hydrogen (secondary N) is 1. The van der Waals surface area contributed by atoms with E-state index in [1.165, 1.54) is 22.0 Å². The maximum atomic E-state index is 12.3. The van der Waals surface area contributed by atoms with Crippen LogP contribution in [0.25, 0.3) is 17.1 Å². The largest absolute Gasteiger partial charge is 0.478 e. The van der Waals surface area contributed by atoms with Crippen LogP contribution in [0.1, 0.15) is 15.9 Å². The summed E-state index contributed by atoms with van der Waals surface area (Å²) in [5, 5.41) is 13.0. The van der Waals surface area contributed by atoms with Crippen molar-refractivity contribution < 1.29 is 9.90 Å². The molecule has 9 nitrogen and oxygen atoms in total. The summed E-state index contributed by atoms with van der Waals surface area (Å²) in [4.78, 5) is 35.7. The third-order valence-electron chi connectivity index (χ3n) is 4.02. The fraction of sp³-hybridized carbons (Fsp3) is 0.118. The number of imidazole rings is 1. The molecule has 3 aromatic heterocycles. The van der Waals surface area contributed by atoms with E-state index in [9.17, 15) is 9.59 Å².